The largest absolute Gasteiger partial charge is 0.364 e. The first kappa shape index (κ1) is 25.6. The van der Waals surface area contributed by atoms with Crippen molar-refractivity contribution in [2.45, 2.75) is 45.6 Å². The first-order valence-corrected chi connectivity index (χ1v) is 12.3. The van der Waals surface area contributed by atoms with Gasteiger partial charge < -0.3 is 21.8 Å². The highest BCUT2D eigenvalue weighted by Gasteiger charge is 2.33. The molecular formula is C27H31N7O3. The number of anilines is 1. The summed E-state index contributed by atoms with van der Waals surface area (Å²) in [6, 6.07) is 9.99. The van der Waals surface area contributed by atoms with Crippen LogP contribution in [0.2, 0.25) is 0 Å². The number of carbonyl (C=O) groups is 3. The van der Waals surface area contributed by atoms with E-state index in [2.05, 4.69) is 15.3 Å². The number of aromatic nitrogens is 3. The molecule has 1 aliphatic heterocycles. The van der Waals surface area contributed by atoms with Crippen molar-refractivity contribution < 1.29 is 14.4 Å². The molecule has 192 valence electrons. The maximum absolute atomic E-state index is 12.7. The number of imidazole rings is 1. The van der Waals surface area contributed by atoms with Crippen LogP contribution >= 0.6 is 0 Å². The highest BCUT2D eigenvalue weighted by atomic mass is 16.2. The van der Waals surface area contributed by atoms with Gasteiger partial charge in [-0.15, -0.1) is 0 Å². The number of benzene rings is 1. The van der Waals surface area contributed by atoms with E-state index in [1.165, 1.54) is 10.8 Å². The van der Waals surface area contributed by atoms with Crippen molar-refractivity contribution in [2.75, 3.05) is 17.7 Å². The molecule has 5 N–H and O–H groups in total. The van der Waals surface area contributed by atoms with E-state index in [-0.39, 0.29) is 23.6 Å². The van der Waals surface area contributed by atoms with Crippen LogP contribution in [0.1, 0.15) is 71.4 Å². The number of amides is 3. The molecule has 0 radical (unpaired) electrons. The molecule has 0 aliphatic carbocycles. The van der Waals surface area contributed by atoms with Gasteiger partial charge in [0.05, 0.1) is 6.04 Å². The predicted molar refractivity (Wildman–Crippen MR) is 141 cm³/mol. The second-order valence-electron chi connectivity index (χ2n) is 8.88. The maximum atomic E-state index is 12.7. The van der Waals surface area contributed by atoms with Crippen molar-refractivity contribution in [3.8, 4) is 11.3 Å². The van der Waals surface area contributed by atoms with E-state index in [4.69, 9.17) is 11.6 Å². The van der Waals surface area contributed by atoms with Crippen LogP contribution in [-0.4, -0.2) is 43.8 Å². The number of primary amides is 1. The number of nitrogens with zero attached hydrogens (tertiary/aromatic N) is 4. The van der Waals surface area contributed by atoms with Gasteiger partial charge in [0.25, 0.3) is 11.8 Å². The number of nitrogens with two attached hydrogens (primary N) is 2. The molecule has 1 fully saturated rings. The average Bonchev–Trinajstić information content (AvgIpc) is 3.26. The molecule has 0 spiro atoms. The highest BCUT2D eigenvalue weighted by Crippen LogP contribution is 2.33. The van der Waals surface area contributed by atoms with Gasteiger partial charge in [0, 0.05) is 23.9 Å². The number of piperidine rings is 1. The highest BCUT2D eigenvalue weighted by molar-refractivity contribution is 6.04. The minimum Gasteiger partial charge on any atom is -0.364 e. The van der Waals surface area contributed by atoms with Gasteiger partial charge in [-0.05, 0) is 68.5 Å². The Morgan fingerprint density at radius 1 is 1.16 bits per heavy atom. The molecule has 1 atom stereocenters. The fourth-order valence-corrected chi connectivity index (χ4v) is 4.55. The lowest BCUT2D eigenvalue weighted by Crippen LogP contribution is -2.39. The number of nitrogen functional groups attached to an aromatic ring is 1. The Balaban J connectivity index is 1.64. The van der Waals surface area contributed by atoms with Crippen LogP contribution in [0.25, 0.3) is 11.3 Å². The number of carbonyl (C=O) groups excluding carboxylic acids is 3. The van der Waals surface area contributed by atoms with E-state index < -0.39 is 5.91 Å². The van der Waals surface area contributed by atoms with Crippen LogP contribution in [0.4, 0.5) is 5.82 Å². The fourth-order valence-electron chi connectivity index (χ4n) is 4.55. The number of hydrogen-bond acceptors (Lipinski definition) is 6. The van der Waals surface area contributed by atoms with Gasteiger partial charge in [0.2, 0.25) is 5.91 Å². The lowest BCUT2D eigenvalue weighted by Gasteiger charge is -2.34. The summed E-state index contributed by atoms with van der Waals surface area (Å²) >= 11 is 0. The van der Waals surface area contributed by atoms with Crippen LogP contribution in [0.5, 0.6) is 0 Å². The number of allylic oxidation sites excluding steroid dienone is 1. The number of hydrogen-bond donors (Lipinski definition) is 3. The quantitative estimate of drug-likeness (QED) is 0.334. The Kier molecular flexibility index (Phi) is 7.66. The van der Waals surface area contributed by atoms with Gasteiger partial charge in [0.1, 0.15) is 11.5 Å². The molecule has 3 heterocycles. The standard InChI is InChI=1S/C27H31N7O3/c1-3-7-22(35)33-15-6-5-8-20(33)26-32-23(24(25(28)36)34(26)29)18-9-11-19(12-10-18)27(37)31-21-16-17(4-2)13-14-30-21/h3,7,9-14,16,20H,4-6,8,15,29H2,1-2H3,(H2,28,36)(H,30,31,37). The summed E-state index contributed by atoms with van der Waals surface area (Å²) in [7, 11) is 0. The van der Waals surface area contributed by atoms with Gasteiger partial charge >= 0.3 is 0 Å². The summed E-state index contributed by atoms with van der Waals surface area (Å²) in [6.45, 7) is 4.38. The molecule has 1 saturated heterocycles. The fraction of sp³-hybridized carbons (Fsp3) is 0.296. The normalized spacial score (nSPS) is 15.6. The Morgan fingerprint density at radius 2 is 1.92 bits per heavy atom. The minimum absolute atomic E-state index is 0.0387. The van der Waals surface area contributed by atoms with Crippen molar-refractivity contribution in [3.63, 3.8) is 0 Å². The molecule has 10 heteroatoms. The van der Waals surface area contributed by atoms with Crippen molar-refractivity contribution in [1.29, 1.82) is 0 Å². The Labute approximate surface area is 215 Å². The lowest BCUT2D eigenvalue weighted by atomic mass is 10.0. The molecule has 1 aliphatic rings. The molecule has 3 amide bonds. The summed E-state index contributed by atoms with van der Waals surface area (Å²) in [5.74, 6) is 6.01. The van der Waals surface area contributed by atoms with Gasteiger partial charge in [-0.2, -0.15) is 0 Å². The van der Waals surface area contributed by atoms with Crippen molar-refractivity contribution >= 4 is 23.5 Å². The van der Waals surface area contributed by atoms with Gasteiger partial charge in [-0.3, -0.25) is 14.4 Å². The van der Waals surface area contributed by atoms with Crippen molar-refractivity contribution in [1.82, 2.24) is 19.5 Å². The molecule has 1 aromatic carbocycles. The van der Waals surface area contributed by atoms with Crippen LogP contribution in [0.15, 0.2) is 54.7 Å². The third-order valence-electron chi connectivity index (χ3n) is 6.46. The van der Waals surface area contributed by atoms with Crippen molar-refractivity contribution in [3.05, 3.63) is 77.4 Å². The molecule has 0 saturated carbocycles. The number of aryl methyl sites for hydroxylation is 1. The van der Waals surface area contributed by atoms with E-state index in [0.29, 0.717) is 41.4 Å². The molecule has 2 aromatic heterocycles. The second kappa shape index (κ2) is 11.1. The topological polar surface area (TPSA) is 149 Å². The molecule has 0 bridgehead atoms. The Hall–Kier alpha value is -4.47. The van der Waals surface area contributed by atoms with Crippen LogP contribution in [0, 0.1) is 0 Å². The summed E-state index contributed by atoms with van der Waals surface area (Å²) < 4.78 is 1.19. The summed E-state index contributed by atoms with van der Waals surface area (Å²) in [6.07, 6.45) is 8.14. The smallest absolute Gasteiger partial charge is 0.269 e. The zero-order valence-corrected chi connectivity index (χ0v) is 21.0. The Morgan fingerprint density at radius 3 is 2.59 bits per heavy atom. The molecule has 37 heavy (non-hydrogen) atoms. The minimum atomic E-state index is -0.734. The van der Waals surface area contributed by atoms with E-state index in [1.807, 2.05) is 19.1 Å². The van der Waals surface area contributed by atoms with Crippen LogP contribution in [-0.2, 0) is 11.2 Å². The second-order valence-corrected chi connectivity index (χ2v) is 8.88. The monoisotopic (exact) mass is 501 g/mol. The lowest BCUT2D eigenvalue weighted by molar-refractivity contribution is -0.130. The van der Waals surface area contributed by atoms with Gasteiger partial charge in [-0.1, -0.05) is 25.1 Å². The molecule has 3 aromatic rings. The molecule has 10 nitrogen and oxygen atoms in total. The van der Waals surface area contributed by atoms with Gasteiger partial charge in [-0.25, -0.2) is 14.6 Å². The van der Waals surface area contributed by atoms with Gasteiger partial charge in [0.15, 0.2) is 11.5 Å². The van der Waals surface area contributed by atoms with Crippen LogP contribution < -0.4 is 16.9 Å². The number of pyridine rings is 1. The summed E-state index contributed by atoms with van der Waals surface area (Å²) in [5, 5.41) is 2.80. The predicted octanol–water partition coefficient (Wildman–Crippen LogP) is 3.20. The Bertz CT molecular complexity index is 1340. The third-order valence-corrected chi connectivity index (χ3v) is 6.46. The number of likely N-dealkylation sites (tertiary alicyclic amines) is 1. The maximum Gasteiger partial charge on any atom is 0.269 e. The van der Waals surface area contributed by atoms with Crippen LogP contribution in [0.3, 0.4) is 0 Å². The van der Waals surface area contributed by atoms with E-state index in [1.54, 1.807) is 48.4 Å². The van der Waals surface area contributed by atoms with Crippen molar-refractivity contribution in [2.24, 2.45) is 5.73 Å². The average molecular weight is 502 g/mol. The zero-order valence-electron chi connectivity index (χ0n) is 21.0. The van der Waals surface area contributed by atoms with E-state index in [0.717, 1.165) is 24.8 Å². The summed E-state index contributed by atoms with van der Waals surface area (Å²) in [5.41, 5.74) is 8.08. The number of rotatable bonds is 7. The molecule has 1 unspecified atom stereocenters. The van der Waals surface area contributed by atoms with E-state index >= 15 is 0 Å². The molecule has 4 rings (SSSR count). The SMILES string of the molecule is CC=CC(=O)N1CCCCC1c1nc(-c2ccc(C(=O)Nc3cc(CC)ccn3)cc2)c(C(N)=O)n1N. The first-order valence-electron chi connectivity index (χ1n) is 12.3. The third kappa shape index (κ3) is 5.37. The summed E-state index contributed by atoms with van der Waals surface area (Å²) in [4.78, 5) is 48.4. The zero-order chi connectivity index (χ0) is 26.5. The van der Waals surface area contributed by atoms with E-state index in [9.17, 15) is 14.4 Å². The first-order chi connectivity index (χ1) is 17.8. The number of nitrogens with one attached hydrogen (secondary N) is 1. The molecular weight excluding hydrogens is 470 g/mol.